The second-order valence-corrected chi connectivity index (χ2v) is 10.3. The number of hydrogen-bond acceptors (Lipinski definition) is 6. The van der Waals surface area contributed by atoms with E-state index in [1.807, 2.05) is 11.8 Å². The van der Waals surface area contributed by atoms with Gasteiger partial charge in [0.15, 0.2) is 10.7 Å². The van der Waals surface area contributed by atoms with Crippen LogP contribution in [0.4, 0.5) is 24.7 Å². The summed E-state index contributed by atoms with van der Waals surface area (Å²) in [6.45, 7) is 7.07. The Bertz CT molecular complexity index is 1130. The standard InChI is InChI=1S/C22H29F3N4O3S/c1-14(2)28(4)12-22(32-5)9-10-29(13-22)17-11-16(23)21(20(25)15(17)3)33(30,31)27-19-8-6-7-18(24)26-19/h6-8,11,14H,9-10,12-13H2,1-5H3,(H,26,27)/t22-/m1/s1. The van der Waals surface area contributed by atoms with Crippen molar-refractivity contribution in [2.24, 2.45) is 0 Å². The molecule has 2 aromatic rings. The van der Waals surface area contributed by atoms with Crippen molar-refractivity contribution in [1.82, 2.24) is 9.88 Å². The van der Waals surface area contributed by atoms with Gasteiger partial charge in [0.1, 0.15) is 11.6 Å². The summed E-state index contributed by atoms with van der Waals surface area (Å²) in [5.41, 5.74) is -0.264. The predicted octanol–water partition coefficient (Wildman–Crippen LogP) is 3.54. The predicted molar refractivity (Wildman–Crippen MR) is 120 cm³/mol. The zero-order chi connectivity index (χ0) is 24.6. The summed E-state index contributed by atoms with van der Waals surface area (Å²) in [6, 6.07) is 4.75. The number of nitrogens with zero attached hydrogens (tertiary/aromatic N) is 3. The van der Waals surface area contributed by atoms with Gasteiger partial charge in [-0.1, -0.05) is 6.07 Å². The summed E-state index contributed by atoms with van der Waals surface area (Å²) < 4.78 is 76.6. The number of pyridine rings is 1. The van der Waals surface area contributed by atoms with Gasteiger partial charge in [-0.05, 0) is 52.4 Å². The molecule has 1 atom stereocenters. The molecule has 1 aromatic heterocycles. The molecule has 1 aliphatic heterocycles. The Morgan fingerprint density at radius 3 is 2.61 bits per heavy atom. The fraction of sp³-hybridized carbons (Fsp3) is 0.500. The van der Waals surface area contributed by atoms with Gasteiger partial charge in [-0.2, -0.15) is 4.39 Å². The Morgan fingerprint density at radius 2 is 2.00 bits per heavy atom. The van der Waals surface area contributed by atoms with Crippen LogP contribution in [0, 0.1) is 24.5 Å². The maximum Gasteiger partial charge on any atom is 0.268 e. The van der Waals surface area contributed by atoms with E-state index in [2.05, 4.69) is 23.7 Å². The molecule has 0 unspecified atom stereocenters. The molecule has 0 radical (unpaired) electrons. The maximum atomic E-state index is 15.2. The molecule has 1 N–H and O–H groups in total. The third-order valence-corrected chi connectivity index (χ3v) is 7.51. The Morgan fingerprint density at radius 1 is 1.30 bits per heavy atom. The summed E-state index contributed by atoms with van der Waals surface area (Å²) in [4.78, 5) is 6.19. The zero-order valence-electron chi connectivity index (χ0n) is 19.3. The number of benzene rings is 1. The van der Waals surface area contributed by atoms with Gasteiger partial charge >= 0.3 is 0 Å². The summed E-state index contributed by atoms with van der Waals surface area (Å²) >= 11 is 0. The number of ether oxygens (including phenoxy) is 1. The molecule has 0 amide bonds. The first kappa shape index (κ1) is 25.3. The van der Waals surface area contributed by atoms with Crippen molar-refractivity contribution in [1.29, 1.82) is 0 Å². The van der Waals surface area contributed by atoms with Crippen molar-refractivity contribution in [2.45, 2.75) is 43.7 Å². The molecular formula is C22H29F3N4O3S. The number of methoxy groups -OCH3 is 1. The lowest BCUT2D eigenvalue weighted by molar-refractivity contribution is -0.0200. The molecule has 1 aliphatic rings. The Balaban J connectivity index is 1.91. The van der Waals surface area contributed by atoms with Gasteiger partial charge in [-0.25, -0.2) is 22.2 Å². The van der Waals surface area contributed by atoms with Crippen molar-refractivity contribution < 1.29 is 26.3 Å². The van der Waals surface area contributed by atoms with Crippen LogP contribution in [0.25, 0.3) is 0 Å². The van der Waals surface area contributed by atoms with Gasteiger partial charge in [0.2, 0.25) is 5.95 Å². The summed E-state index contributed by atoms with van der Waals surface area (Å²) in [5, 5.41) is 0. The highest BCUT2D eigenvalue weighted by Crippen LogP contribution is 2.36. The molecule has 3 rings (SSSR count). The van der Waals surface area contributed by atoms with Crippen molar-refractivity contribution in [3.05, 3.63) is 47.4 Å². The molecule has 0 bridgehead atoms. The first-order valence-electron chi connectivity index (χ1n) is 10.5. The van der Waals surface area contributed by atoms with E-state index < -0.39 is 38.1 Å². The number of rotatable bonds is 8. The van der Waals surface area contributed by atoms with Crippen LogP contribution in [0.5, 0.6) is 0 Å². The van der Waals surface area contributed by atoms with Crippen LogP contribution >= 0.6 is 0 Å². The van der Waals surface area contributed by atoms with E-state index in [1.54, 1.807) is 12.0 Å². The number of likely N-dealkylation sites (N-methyl/N-ethyl adjacent to an activating group) is 1. The van der Waals surface area contributed by atoms with E-state index >= 15 is 4.39 Å². The largest absolute Gasteiger partial charge is 0.375 e. The lowest BCUT2D eigenvalue weighted by Gasteiger charge is -2.34. The van der Waals surface area contributed by atoms with E-state index in [0.717, 1.165) is 12.1 Å². The molecule has 2 heterocycles. The van der Waals surface area contributed by atoms with Crippen molar-refractivity contribution in [3.8, 4) is 0 Å². The van der Waals surface area contributed by atoms with Crippen molar-refractivity contribution >= 4 is 21.5 Å². The molecule has 182 valence electrons. The van der Waals surface area contributed by atoms with Crippen LogP contribution in [0.1, 0.15) is 25.8 Å². The van der Waals surface area contributed by atoms with Gasteiger partial charge < -0.3 is 14.5 Å². The third-order valence-electron chi connectivity index (χ3n) is 6.13. The summed E-state index contributed by atoms with van der Waals surface area (Å²) in [6.07, 6.45) is 0.649. The monoisotopic (exact) mass is 486 g/mol. The summed E-state index contributed by atoms with van der Waals surface area (Å²) in [5.74, 6) is -3.76. The fourth-order valence-corrected chi connectivity index (χ4v) is 5.15. The van der Waals surface area contributed by atoms with Gasteiger partial charge in [0, 0.05) is 44.0 Å². The molecule has 0 aliphatic carbocycles. The Labute approximate surface area is 192 Å². The van der Waals surface area contributed by atoms with Crippen molar-refractivity contribution in [2.75, 3.05) is 43.4 Å². The van der Waals surface area contributed by atoms with E-state index in [4.69, 9.17) is 4.74 Å². The Kier molecular flexibility index (Phi) is 7.25. The van der Waals surface area contributed by atoms with Gasteiger partial charge in [0.05, 0.1) is 5.60 Å². The number of sulfonamides is 1. The Hall–Kier alpha value is -2.37. The zero-order valence-corrected chi connectivity index (χ0v) is 20.1. The number of halogens is 3. The highest BCUT2D eigenvalue weighted by molar-refractivity contribution is 7.92. The minimum atomic E-state index is -4.69. The van der Waals surface area contributed by atoms with Crippen LogP contribution < -0.4 is 9.62 Å². The normalized spacial score (nSPS) is 19.0. The number of nitrogens with one attached hydrogen (secondary N) is 1. The number of anilines is 2. The van der Waals surface area contributed by atoms with Gasteiger partial charge in [-0.15, -0.1) is 0 Å². The minimum absolute atomic E-state index is 0.00639. The van der Waals surface area contributed by atoms with Gasteiger partial charge in [0.25, 0.3) is 10.0 Å². The highest BCUT2D eigenvalue weighted by atomic mass is 32.2. The molecule has 7 nitrogen and oxygen atoms in total. The number of hydrogen-bond donors (Lipinski definition) is 1. The molecule has 0 saturated carbocycles. The molecule has 1 saturated heterocycles. The van der Waals surface area contributed by atoms with E-state index in [1.165, 1.54) is 19.1 Å². The van der Waals surface area contributed by atoms with Crippen molar-refractivity contribution in [3.63, 3.8) is 0 Å². The maximum absolute atomic E-state index is 15.2. The SMILES string of the molecule is CO[C@@]1(CN(C)C(C)C)CCN(c2cc(F)c(S(=O)(=O)Nc3cccc(F)n3)c(F)c2C)C1. The second-order valence-electron chi connectivity index (χ2n) is 8.66. The topological polar surface area (TPSA) is 74.8 Å². The molecule has 33 heavy (non-hydrogen) atoms. The first-order valence-corrected chi connectivity index (χ1v) is 12.0. The van der Waals surface area contributed by atoms with Gasteiger partial charge in [-0.3, -0.25) is 4.72 Å². The second kappa shape index (κ2) is 9.47. The first-order chi connectivity index (χ1) is 15.4. The van der Waals surface area contributed by atoms with E-state index in [-0.39, 0.29) is 17.1 Å². The number of aromatic nitrogens is 1. The smallest absolute Gasteiger partial charge is 0.268 e. The highest BCUT2D eigenvalue weighted by Gasteiger charge is 2.41. The quantitative estimate of drug-likeness (QED) is 0.576. The third kappa shape index (κ3) is 5.25. The minimum Gasteiger partial charge on any atom is -0.375 e. The summed E-state index contributed by atoms with van der Waals surface area (Å²) in [7, 11) is -1.08. The van der Waals surface area contributed by atoms with E-state index in [9.17, 15) is 17.2 Å². The molecule has 11 heteroatoms. The van der Waals surface area contributed by atoms with Crippen LogP contribution in [0.3, 0.4) is 0 Å². The molecular weight excluding hydrogens is 457 g/mol. The van der Waals surface area contributed by atoms with Crippen LogP contribution in [0.2, 0.25) is 0 Å². The fourth-order valence-electron chi connectivity index (χ4n) is 3.96. The lowest BCUT2D eigenvalue weighted by Crippen LogP contribution is -2.47. The molecule has 1 fully saturated rings. The average molecular weight is 487 g/mol. The van der Waals surface area contributed by atoms with Crippen LogP contribution in [-0.2, 0) is 14.8 Å². The van der Waals surface area contributed by atoms with E-state index in [0.29, 0.717) is 32.1 Å². The molecule has 1 aromatic carbocycles. The average Bonchev–Trinajstić information content (AvgIpc) is 3.14. The van der Waals surface area contributed by atoms with Crippen LogP contribution in [0.15, 0.2) is 29.2 Å². The lowest BCUT2D eigenvalue weighted by atomic mass is 10.0. The molecule has 0 spiro atoms. The van der Waals surface area contributed by atoms with Crippen LogP contribution in [-0.4, -0.2) is 63.7 Å².